The van der Waals surface area contributed by atoms with E-state index >= 15 is 0 Å². The summed E-state index contributed by atoms with van der Waals surface area (Å²) in [5.74, 6) is -0.0264. The number of carbonyl (C=O) groups excluding carboxylic acids is 2. The third-order valence-corrected chi connectivity index (χ3v) is 5.97. The lowest BCUT2D eigenvalue weighted by atomic mass is 10.0. The van der Waals surface area contributed by atoms with Crippen LogP contribution in [0.2, 0.25) is 0 Å². The molecule has 1 aromatic rings. The average Bonchev–Trinajstić information content (AvgIpc) is 2.76. The van der Waals surface area contributed by atoms with Gasteiger partial charge >= 0.3 is 0 Å². The van der Waals surface area contributed by atoms with Crippen LogP contribution in [0, 0.1) is 0 Å². The first-order chi connectivity index (χ1) is 14.5. The Morgan fingerprint density at radius 1 is 1.00 bits per heavy atom. The molecule has 1 aliphatic heterocycles. The first-order valence-corrected chi connectivity index (χ1v) is 12.0. The van der Waals surface area contributed by atoms with Crippen molar-refractivity contribution in [3.8, 4) is 0 Å². The molecule has 1 heterocycles. The average molecular weight is 416 g/mol. The topological polar surface area (TPSA) is 61.4 Å². The summed E-state index contributed by atoms with van der Waals surface area (Å²) in [7, 11) is 0. The highest BCUT2D eigenvalue weighted by Gasteiger charge is 2.20. The fourth-order valence-corrected chi connectivity index (χ4v) is 3.90. The van der Waals surface area contributed by atoms with Gasteiger partial charge in [-0.25, -0.2) is 0 Å². The van der Waals surface area contributed by atoms with Crippen LogP contribution in [0.15, 0.2) is 18.2 Å². The lowest BCUT2D eigenvalue weighted by molar-refractivity contribution is -0.116. The number of rotatable bonds is 12. The number of benzene rings is 1. The maximum absolute atomic E-state index is 13.0. The van der Waals surface area contributed by atoms with Crippen molar-refractivity contribution in [3.63, 3.8) is 0 Å². The third kappa shape index (κ3) is 8.00. The van der Waals surface area contributed by atoms with E-state index in [4.69, 9.17) is 0 Å². The predicted molar refractivity (Wildman–Crippen MR) is 126 cm³/mol. The summed E-state index contributed by atoms with van der Waals surface area (Å²) in [4.78, 5) is 27.6. The van der Waals surface area contributed by atoms with Crippen LogP contribution in [0.25, 0.3) is 0 Å². The predicted octanol–water partition coefficient (Wildman–Crippen LogP) is 5.89. The second-order valence-electron chi connectivity index (χ2n) is 8.63. The van der Waals surface area contributed by atoms with E-state index in [1.165, 1.54) is 32.1 Å². The van der Waals surface area contributed by atoms with Crippen LogP contribution in [-0.4, -0.2) is 30.9 Å². The van der Waals surface area contributed by atoms with Crippen LogP contribution >= 0.6 is 0 Å². The van der Waals surface area contributed by atoms with Gasteiger partial charge in [0.25, 0.3) is 5.91 Å². The van der Waals surface area contributed by atoms with Crippen molar-refractivity contribution in [3.05, 3.63) is 23.8 Å². The molecule has 168 valence electrons. The number of hydrogen-bond donors (Lipinski definition) is 2. The quantitative estimate of drug-likeness (QED) is 0.418. The summed E-state index contributed by atoms with van der Waals surface area (Å²) in [6, 6.07) is 5.90. The third-order valence-electron chi connectivity index (χ3n) is 5.97. The number of nitrogens with zero attached hydrogens (tertiary/aromatic N) is 1. The summed E-state index contributed by atoms with van der Waals surface area (Å²) in [6.07, 6.45) is 12.0. The van der Waals surface area contributed by atoms with Gasteiger partial charge in [0.1, 0.15) is 0 Å². The summed E-state index contributed by atoms with van der Waals surface area (Å²) < 4.78 is 0. The van der Waals surface area contributed by atoms with E-state index in [1.807, 2.05) is 25.1 Å². The number of anilines is 2. The Morgan fingerprint density at radius 2 is 1.70 bits per heavy atom. The molecule has 1 atom stereocenters. The highest BCUT2D eigenvalue weighted by molar-refractivity contribution is 6.02. The fourth-order valence-electron chi connectivity index (χ4n) is 3.90. The molecule has 1 unspecified atom stereocenters. The molecule has 0 aromatic heterocycles. The number of hydrogen-bond acceptors (Lipinski definition) is 3. The van der Waals surface area contributed by atoms with Crippen LogP contribution in [-0.2, 0) is 4.79 Å². The zero-order valence-electron chi connectivity index (χ0n) is 19.3. The molecule has 30 heavy (non-hydrogen) atoms. The van der Waals surface area contributed by atoms with Gasteiger partial charge in [-0.2, -0.15) is 0 Å². The van der Waals surface area contributed by atoms with Crippen molar-refractivity contribution in [2.45, 2.75) is 97.4 Å². The van der Waals surface area contributed by atoms with Gasteiger partial charge in [0.2, 0.25) is 5.91 Å². The molecule has 1 fully saturated rings. The van der Waals surface area contributed by atoms with Gasteiger partial charge in [0, 0.05) is 36.9 Å². The van der Waals surface area contributed by atoms with Crippen LogP contribution < -0.4 is 15.5 Å². The number of unbranched alkanes of at least 4 members (excludes halogenated alkanes) is 5. The molecule has 0 aliphatic carbocycles. The SMILES string of the molecule is CCCCCCCCC(=O)Nc1ccc(N2CCCCC2)c(C(=O)NC(C)CC)c1. The Morgan fingerprint density at radius 3 is 2.40 bits per heavy atom. The summed E-state index contributed by atoms with van der Waals surface area (Å²) in [6.45, 7) is 8.25. The largest absolute Gasteiger partial charge is 0.371 e. The molecule has 0 radical (unpaired) electrons. The normalized spacial score (nSPS) is 15.0. The Kier molecular flexibility index (Phi) is 10.7. The van der Waals surface area contributed by atoms with E-state index in [0.29, 0.717) is 17.7 Å². The standard InChI is InChI=1S/C25H41N3O2/c1-4-6-7-8-9-11-14-24(29)27-21-15-16-23(28-17-12-10-13-18-28)22(19-21)25(30)26-20(3)5-2/h15-16,19-20H,4-14,17-18H2,1-3H3,(H,26,30)(H,27,29). The molecule has 2 amide bonds. The minimum atomic E-state index is -0.0584. The first-order valence-electron chi connectivity index (χ1n) is 12.0. The van der Waals surface area contributed by atoms with Gasteiger partial charge in [0.15, 0.2) is 0 Å². The van der Waals surface area contributed by atoms with Gasteiger partial charge in [-0.3, -0.25) is 9.59 Å². The van der Waals surface area contributed by atoms with Gasteiger partial charge in [-0.1, -0.05) is 46.0 Å². The molecule has 0 spiro atoms. The van der Waals surface area contributed by atoms with Crippen molar-refractivity contribution in [1.29, 1.82) is 0 Å². The smallest absolute Gasteiger partial charge is 0.253 e. The van der Waals surface area contributed by atoms with Crippen molar-refractivity contribution >= 4 is 23.2 Å². The number of carbonyl (C=O) groups is 2. The molecule has 2 N–H and O–H groups in total. The van der Waals surface area contributed by atoms with Gasteiger partial charge in [-0.05, 0) is 57.2 Å². The highest BCUT2D eigenvalue weighted by atomic mass is 16.2. The van der Waals surface area contributed by atoms with Gasteiger partial charge < -0.3 is 15.5 Å². The molecular formula is C25H41N3O2. The monoisotopic (exact) mass is 415 g/mol. The summed E-state index contributed by atoms with van der Waals surface area (Å²) >= 11 is 0. The lowest BCUT2D eigenvalue weighted by Crippen LogP contribution is -2.35. The zero-order valence-corrected chi connectivity index (χ0v) is 19.3. The molecule has 5 nitrogen and oxygen atoms in total. The molecule has 0 bridgehead atoms. The molecular weight excluding hydrogens is 374 g/mol. The van der Waals surface area contributed by atoms with Crippen molar-refractivity contribution in [1.82, 2.24) is 5.32 Å². The van der Waals surface area contributed by atoms with Crippen LogP contribution in [0.3, 0.4) is 0 Å². The van der Waals surface area contributed by atoms with Crippen LogP contribution in [0.4, 0.5) is 11.4 Å². The Hall–Kier alpha value is -2.04. The second kappa shape index (κ2) is 13.3. The highest BCUT2D eigenvalue weighted by Crippen LogP contribution is 2.27. The number of piperidine rings is 1. The molecule has 5 heteroatoms. The number of nitrogens with one attached hydrogen (secondary N) is 2. The summed E-state index contributed by atoms with van der Waals surface area (Å²) in [5, 5.41) is 6.09. The zero-order chi connectivity index (χ0) is 21.8. The molecule has 1 aliphatic rings. The first kappa shape index (κ1) is 24.2. The van der Waals surface area contributed by atoms with E-state index in [-0.39, 0.29) is 17.9 Å². The maximum atomic E-state index is 13.0. The Bertz CT molecular complexity index is 668. The molecule has 1 saturated heterocycles. The minimum absolute atomic E-state index is 0.0319. The van der Waals surface area contributed by atoms with Crippen molar-refractivity contribution in [2.75, 3.05) is 23.3 Å². The van der Waals surface area contributed by atoms with E-state index in [9.17, 15) is 9.59 Å². The molecule has 1 aromatic carbocycles. The second-order valence-corrected chi connectivity index (χ2v) is 8.63. The van der Waals surface area contributed by atoms with E-state index in [1.54, 1.807) is 0 Å². The number of amides is 2. The Labute approximate surface area is 183 Å². The van der Waals surface area contributed by atoms with Crippen molar-refractivity contribution in [2.24, 2.45) is 0 Å². The van der Waals surface area contributed by atoms with E-state index in [0.717, 1.165) is 50.9 Å². The minimum Gasteiger partial charge on any atom is -0.371 e. The Balaban J connectivity index is 2.02. The maximum Gasteiger partial charge on any atom is 0.253 e. The summed E-state index contributed by atoms with van der Waals surface area (Å²) in [5.41, 5.74) is 2.35. The molecule has 2 rings (SSSR count). The van der Waals surface area contributed by atoms with E-state index in [2.05, 4.69) is 29.4 Å². The van der Waals surface area contributed by atoms with Gasteiger partial charge in [-0.15, -0.1) is 0 Å². The molecule has 0 saturated carbocycles. The van der Waals surface area contributed by atoms with Crippen LogP contribution in [0.1, 0.15) is 102 Å². The van der Waals surface area contributed by atoms with Crippen LogP contribution in [0.5, 0.6) is 0 Å². The van der Waals surface area contributed by atoms with Gasteiger partial charge in [0.05, 0.1) is 5.56 Å². The van der Waals surface area contributed by atoms with Crippen molar-refractivity contribution < 1.29 is 9.59 Å². The lowest BCUT2D eigenvalue weighted by Gasteiger charge is -2.31. The van der Waals surface area contributed by atoms with E-state index < -0.39 is 0 Å². The fraction of sp³-hybridized carbons (Fsp3) is 0.680.